The normalized spacial score (nSPS) is 8.85. The predicted molar refractivity (Wildman–Crippen MR) is 64.2 cm³/mol. The summed E-state index contributed by atoms with van der Waals surface area (Å²) < 4.78 is 0. The van der Waals surface area contributed by atoms with Crippen LogP contribution in [-0.4, -0.2) is 0 Å². The molecule has 0 saturated carbocycles. The third-order valence-corrected chi connectivity index (χ3v) is 1.97. The lowest BCUT2D eigenvalue weighted by Gasteiger charge is -1.90. The molecule has 13 heavy (non-hydrogen) atoms. The molecule has 80 valence electrons. The van der Waals surface area contributed by atoms with Gasteiger partial charge in [-0.15, -0.1) is 6.58 Å². The SMILES string of the molecule is C=CCCCC.CCCCCCC. The van der Waals surface area contributed by atoms with Crippen LogP contribution < -0.4 is 0 Å². The highest BCUT2D eigenvalue weighted by Gasteiger charge is 1.80. The minimum atomic E-state index is 1.18. The van der Waals surface area contributed by atoms with Gasteiger partial charge in [0, 0.05) is 0 Å². The molecule has 0 rings (SSSR count). The topological polar surface area (TPSA) is 0 Å². The molecule has 0 amide bonds. The molecule has 0 N–H and O–H groups in total. The van der Waals surface area contributed by atoms with Crippen molar-refractivity contribution in [2.75, 3.05) is 0 Å². The number of hydrogen-bond acceptors (Lipinski definition) is 0. The van der Waals surface area contributed by atoms with Crippen molar-refractivity contribution >= 4 is 0 Å². The highest BCUT2D eigenvalue weighted by atomic mass is 13.9. The highest BCUT2D eigenvalue weighted by molar-refractivity contribution is 4.64. The lowest BCUT2D eigenvalue weighted by molar-refractivity contribution is 0.656. The summed E-state index contributed by atoms with van der Waals surface area (Å²) in [6, 6.07) is 0. The van der Waals surface area contributed by atoms with Gasteiger partial charge >= 0.3 is 0 Å². The van der Waals surface area contributed by atoms with Gasteiger partial charge in [-0.1, -0.05) is 71.8 Å². The molecule has 0 unspecified atom stereocenters. The van der Waals surface area contributed by atoms with Gasteiger partial charge < -0.3 is 0 Å². The van der Waals surface area contributed by atoms with Crippen molar-refractivity contribution in [3.8, 4) is 0 Å². The molecule has 0 spiro atoms. The minimum absolute atomic E-state index is 1.18. The fraction of sp³-hybridized carbons (Fsp3) is 0.846. The van der Waals surface area contributed by atoms with E-state index < -0.39 is 0 Å². The van der Waals surface area contributed by atoms with Crippen LogP contribution in [0.3, 0.4) is 0 Å². The van der Waals surface area contributed by atoms with E-state index in [1.165, 1.54) is 51.4 Å². The van der Waals surface area contributed by atoms with Crippen molar-refractivity contribution < 1.29 is 0 Å². The van der Waals surface area contributed by atoms with Gasteiger partial charge in [0.25, 0.3) is 0 Å². The molecule has 0 atom stereocenters. The first kappa shape index (κ1) is 15.2. The lowest BCUT2D eigenvalue weighted by atomic mass is 10.2. The van der Waals surface area contributed by atoms with Crippen molar-refractivity contribution in [2.24, 2.45) is 0 Å². The lowest BCUT2D eigenvalue weighted by Crippen LogP contribution is -1.70. The van der Waals surface area contributed by atoms with Crippen LogP contribution in [0.15, 0.2) is 12.7 Å². The third kappa shape index (κ3) is 24.5. The zero-order valence-corrected chi connectivity index (χ0v) is 9.94. The summed E-state index contributed by atoms with van der Waals surface area (Å²) in [7, 11) is 0. The van der Waals surface area contributed by atoms with Gasteiger partial charge in [0.15, 0.2) is 0 Å². The molecule has 0 aliphatic heterocycles. The van der Waals surface area contributed by atoms with Crippen molar-refractivity contribution in [3.63, 3.8) is 0 Å². The zero-order chi connectivity index (χ0) is 10.4. The van der Waals surface area contributed by atoms with Crippen LogP contribution in [0.2, 0.25) is 0 Å². The maximum atomic E-state index is 3.60. The van der Waals surface area contributed by atoms with E-state index in [0.717, 1.165) is 0 Å². The van der Waals surface area contributed by atoms with Gasteiger partial charge in [-0.05, 0) is 6.42 Å². The smallest absolute Gasteiger partial charge is 0.0354 e. The molecule has 0 heteroatoms. The van der Waals surface area contributed by atoms with Crippen LogP contribution in [0.1, 0.15) is 72.1 Å². The van der Waals surface area contributed by atoms with Gasteiger partial charge in [0.1, 0.15) is 0 Å². The quantitative estimate of drug-likeness (QED) is 0.370. The van der Waals surface area contributed by atoms with Crippen LogP contribution in [0.4, 0.5) is 0 Å². The zero-order valence-electron chi connectivity index (χ0n) is 9.94. The Balaban J connectivity index is 0. The maximum Gasteiger partial charge on any atom is -0.0354 e. The van der Waals surface area contributed by atoms with E-state index in [0.29, 0.717) is 0 Å². The first-order valence-corrected chi connectivity index (χ1v) is 5.94. The second kappa shape index (κ2) is 17.7. The fourth-order valence-corrected chi connectivity index (χ4v) is 1.03. The first-order chi connectivity index (χ1) is 6.33. The second-order valence-electron chi connectivity index (χ2n) is 3.49. The molecule has 0 fully saturated rings. The van der Waals surface area contributed by atoms with Crippen LogP contribution in [0.5, 0.6) is 0 Å². The Bertz CT molecular complexity index is 70.1. The summed E-state index contributed by atoms with van der Waals surface area (Å²) in [6.45, 7) is 10.3. The van der Waals surface area contributed by atoms with Crippen molar-refractivity contribution in [1.29, 1.82) is 0 Å². The number of unbranched alkanes of at least 4 members (excludes halogenated alkanes) is 6. The van der Waals surface area contributed by atoms with E-state index >= 15 is 0 Å². The monoisotopic (exact) mass is 184 g/mol. The molecule has 0 saturated heterocycles. The summed E-state index contributed by atoms with van der Waals surface area (Å²) in [5, 5.41) is 0. The summed E-state index contributed by atoms with van der Waals surface area (Å²) in [4.78, 5) is 0. The maximum absolute atomic E-state index is 3.60. The van der Waals surface area contributed by atoms with Gasteiger partial charge in [-0.2, -0.15) is 0 Å². The van der Waals surface area contributed by atoms with E-state index in [9.17, 15) is 0 Å². The van der Waals surface area contributed by atoms with E-state index in [2.05, 4.69) is 27.4 Å². The second-order valence-corrected chi connectivity index (χ2v) is 3.49. The molecular formula is C13H28. The van der Waals surface area contributed by atoms with E-state index in [-0.39, 0.29) is 0 Å². The number of rotatable bonds is 7. The predicted octanol–water partition coefficient (Wildman–Crippen LogP) is 5.34. The fourth-order valence-electron chi connectivity index (χ4n) is 1.03. The van der Waals surface area contributed by atoms with Crippen LogP contribution >= 0.6 is 0 Å². The van der Waals surface area contributed by atoms with E-state index in [1.807, 2.05) is 6.08 Å². The highest BCUT2D eigenvalue weighted by Crippen LogP contribution is 2.00. The van der Waals surface area contributed by atoms with E-state index in [1.54, 1.807) is 0 Å². The molecule has 0 aromatic rings. The number of hydrogen-bond donors (Lipinski definition) is 0. The molecule has 0 radical (unpaired) electrons. The molecule has 0 aliphatic rings. The number of allylic oxidation sites excluding steroid dienone is 1. The van der Waals surface area contributed by atoms with Crippen molar-refractivity contribution in [1.82, 2.24) is 0 Å². The Morgan fingerprint density at radius 1 is 0.769 bits per heavy atom. The molecule has 0 aromatic heterocycles. The summed E-state index contributed by atoms with van der Waals surface area (Å²) in [6.07, 6.45) is 12.7. The molecular weight excluding hydrogens is 156 g/mol. The molecule has 0 aliphatic carbocycles. The molecule has 0 nitrogen and oxygen atoms in total. The average Bonchev–Trinajstić information content (AvgIpc) is 2.17. The van der Waals surface area contributed by atoms with Crippen molar-refractivity contribution in [2.45, 2.75) is 72.1 Å². The third-order valence-electron chi connectivity index (χ3n) is 1.97. The summed E-state index contributed by atoms with van der Waals surface area (Å²) in [5.74, 6) is 0. The Labute approximate surface area is 85.4 Å². The van der Waals surface area contributed by atoms with Gasteiger partial charge in [0.2, 0.25) is 0 Å². The Morgan fingerprint density at radius 2 is 1.23 bits per heavy atom. The van der Waals surface area contributed by atoms with Crippen molar-refractivity contribution in [3.05, 3.63) is 12.7 Å². The minimum Gasteiger partial charge on any atom is -0.103 e. The van der Waals surface area contributed by atoms with Crippen LogP contribution in [-0.2, 0) is 0 Å². The molecule has 0 bridgehead atoms. The average molecular weight is 184 g/mol. The molecule has 0 aromatic carbocycles. The first-order valence-electron chi connectivity index (χ1n) is 5.94. The van der Waals surface area contributed by atoms with Gasteiger partial charge in [0.05, 0.1) is 0 Å². The van der Waals surface area contributed by atoms with Gasteiger partial charge in [-0.3, -0.25) is 0 Å². The Morgan fingerprint density at radius 3 is 1.46 bits per heavy atom. The van der Waals surface area contributed by atoms with Crippen LogP contribution in [0.25, 0.3) is 0 Å². The van der Waals surface area contributed by atoms with Crippen LogP contribution in [0, 0.1) is 0 Å². The van der Waals surface area contributed by atoms with Gasteiger partial charge in [-0.25, -0.2) is 0 Å². The standard InChI is InChI=1S/C7H16.C6H12/c1-3-5-7-6-4-2;1-3-5-6-4-2/h3-7H2,1-2H3;3H,1,4-6H2,2H3. The summed E-state index contributed by atoms with van der Waals surface area (Å²) in [5.41, 5.74) is 0. The molecule has 0 heterocycles. The summed E-state index contributed by atoms with van der Waals surface area (Å²) >= 11 is 0. The largest absolute Gasteiger partial charge is 0.103 e. The Hall–Kier alpha value is -0.260. The Kier molecular flexibility index (Phi) is 20.8. The van der Waals surface area contributed by atoms with E-state index in [4.69, 9.17) is 0 Å².